The standard InChI is InChI=1S/C8H12FN/c9-5-7-4-8-2-1-3-10(8)6-7/h5,8H,1-4,6H2/b7-5+/t8-/m0/s1. The summed E-state index contributed by atoms with van der Waals surface area (Å²) in [6.07, 6.45) is 4.36. The molecule has 1 atom stereocenters. The van der Waals surface area contributed by atoms with E-state index in [0.717, 1.165) is 24.9 Å². The Morgan fingerprint density at radius 2 is 2.50 bits per heavy atom. The van der Waals surface area contributed by atoms with Crippen LogP contribution in [0.5, 0.6) is 0 Å². The van der Waals surface area contributed by atoms with Crippen molar-refractivity contribution in [2.24, 2.45) is 0 Å². The van der Waals surface area contributed by atoms with Crippen LogP contribution in [-0.2, 0) is 0 Å². The van der Waals surface area contributed by atoms with Crippen molar-refractivity contribution in [3.63, 3.8) is 0 Å². The van der Waals surface area contributed by atoms with Gasteiger partial charge in [0.2, 0.25) is 0 Å². The molecule has 2 rings (SSSR count). The van der Waals surface area contributed by atoms with Gasteiger partial charge in [-0.2, -0.15) is 0 Å². The Hall–Kier alpha value is -0.370. The summed E-state index contributed by atoms with van der Waals surface area (Å²) >= 11 is 0. The molecule has 0 amide bonds. The molecular weight excluding hydrogens is 129 g/mol. The van der Waals surface area contributed by atoms with Crippen LogP contribution in [0.3, 0.4) is 0 Å². The van der Waals surface area contributed by atoms with Gasteiger partial charge >= 0.3 is 0 Å². The lowest BCUT2D eigenvalue weighted by Gasteiger charge is -2.11. The van der Waals surface area contributed by atoms with E-state index < -0.39 is 0 Å². The Morgan fingerprint density at radius 3 is 3.20 bits per heavy atom. The first kappa shape index (κ1) is 6.35. The topological polar surface area (TPSA) is 3.24 Å². The fourth-order valence-electron chi connectivity index (χ4n) is 2.04. The fourth-order valence-corrected chi connectivity index (χ4v) is 2.04. The van der Waals surface area contributed by atoms with Crippen LogP contribution in [0.15, 0.2) is 11.9 Å². The zero-order valence-corrected chi connectivity index (χ0v) is 6.02. The summed E-state index contributed by atoms with van der Waals surface area (Å²) in [5.41, 5.74) is 0.990. The third-order valence-electron chi connectivity index (χ3n) is 2.56. The third kappa shape index (κ3) is 0.870. The molecule has 2 heteroatoms. The van der Waals surface area contributed by atoms with Crippen molar-refractivity contribution in [1.29, 1.82) is 0 Å². The van der Waals surface area contributed by atoms with Crippen molar-refractivity contribution in [3.05, 3.63) is 11.9 Å². The molecule has 0 aromatic carbocycles. The molecule has 2 heterocycles. The quantitative estimate of drug-likeness (QED) is 0.496. The second kappa shape index (κ2) is 2.35. The van der Waals surface area contributed by atoms with E-state index in [1.807, 2.05) is 0 Å². The van der Waals surface area contributed by atoms with Gasteiger partial charge in [0.25, 0.3) is 0 Å². The fraction of sp³-hybridized carbons (Fsp3) is 0.750. The molecule has 2 fully saturated rings. The highest BCUT2D eigenvalue weighted by atomic mass is 19.1. The number of rotatable bonds is 0. The van der Waals surface area contributed by atoms with Gasteiger partial charge in [0, 0.05) is 12.6 Å². The van der Waals surface area contributed by atoms with E-state index >= 15 is 0 Å². The Morgan fingerprint density at radius 1 is 1.60 bits per heavy atom. The highest BCUT2D eigenvalue weighted by Crippen LogP contribution is 2.30. The predicted molar refractivity (Wildman–Crippen MR) is 38.4 cm³/mol. The van der Waals surface area contributed by atoms with Crippen molar-refractivity contribution in [1.82, 2.24) is 4.90 Å². The molecule has 10 heavy (non-hydrogen) atoms. The van der Waals surface area contributed by atoms with Gasteiger partial charge in [0.15, 0.2) is 0 Å². The first-order valence-corrected chi connectivity index (χ1v) is 3.92. The molecule has 0 spiro atoms. The van der Waals surface area contributed by atoms with Gasteiger partial charge in [-0.15, -0.1) is 0 Å². The van der Waals surface area contributed by atoms with Crippen LogP contribution in [0.1, 0.15) is 19.3 Å². The average Bonchev–Trinajstić information content (AvgIpc) is 2.42. The molecule has 2 aliphatic rings. The first-order valence-electron chi connectivity index (χ1n) is 3.92. The van der Waals surface area contributed by atoms with Crippen molar-refractivity contribution >= 4 is 0 Å². The van der Waals surface area contributed by atoms with Gasteiger partial charge < -0.3 is 0 Å². The highest BCUT2D eigenvalue weighted by Gasteiger charge is 2.31. The van der Waals surface area contributed by atoms with E-state index in [0.29, 0.717) is 6.04 Å². The lowest BCUT2D eigenvalue weighted by molar-refractivity contribution is 0.327. The van der Waals surface area contributed by atoms with Gasteiger partial charge in [-0.05, 0) is 31.4 Å². The summed E-state index contributed by atoms with van der Waals surface area (Å²) in [7, 11) is 0. The van der Waals surface area contributed by atoms with Crippen LogP contribution < -0.4 is 0 Å². The van der Waals surface area contributed by atoms with Crippen molar-refractivity contribution in [3.8, 4) is 0 Å². The van der Waals surface area contributed by atoms with Gasteiger partial charge in [0.1, 0.15) is 0 Å². The van der Waals surface area contributed by atoms with Crippen LogP contribution >= 0.6 is 0 Å². The monoisotopic (exact) mass is 141 g/mol. The highest BCUT2D eigenvalue weighted by molar-refractivity contribution is 5.11. The summed E-state index contributed by atoms with van der Waals surface area (Å²) in [6, 6.07) is 0.682. The third-order valence-corrected chi connectivity index (χ3v) is 2.56. The number of fused-ring (bicyclic) bond motifs is 1. The molecule has 2 aliphatic heterocycles. The van der Waals surface area contributed by atoms with Gasteiger partial charge in [0.05, 0.1) is 6.33 Å². The number of hydrogen-bond acceptors (Lipinski definition) is 1. The van der Waals surface area contributed by atoms with Crippen molar-refractivity contribution < 1.29 is 4.39 Å². The Labute approximate surface area is 60.5 Å². The summed E-state index contributed by atoms with van der Waals surface area (Å²) in [5.74, 6) is 0. The van der Waals surface area contributed by atoms with Gasteiger partial charge in [-0.1, -0.05) is 0 Å². The lowest BCUT2D eigenvalue weighted by atomic mass is 10.1. The Kier molecular flexibility index (Phi) is 1.49. The maximum atomic E-state index is 12.0. The molecule has 56 valence electrons. The Bertz CT molecular complexity index is 151. The summed E-state index contributed by atoms with van der Waals surface area (Å²) in [5, 5.41) is 0. The normalized spacial score (nSPS) is 37.3. The largest absolute Gasteiger partial charge is 0.296 e. The molecule has 0 radical (unpaired) electrons. The van der Waals surface area contributed by atoms with Gasteiger partial charge in [-0.3, -0.25) is 4.90 Å². The molecule has 1 nitrogen and oxygen atoms in total. The van der Waals surface area contributed by atoms with Crippen LogP contribution in [-0.4, -0.2) is 24.0 Å². The maximum absolute atomic E-state index is 12.0. The van der Waals surface area contributed by atoms with Crippen LogP contribution in [0.25, 0.3) is 0 Å². The molecule has 2 saturated heterocycles. The van der Waals surface area contributed by atoms with E-state index in [2.05, 4.69) is 4.90 Å². The lowest BCUT2D eigenvalue weighted by Crippen LogP contribution is -2.21. The summed E-state index contributed by atoms with van der Waals surface area (Å²) < 4.78 is 12.0. The zero-order chi connectivity index (χ0) is 6.97. The van der Waals surface area contributed by atoms with E-state index in [1.165, 1.54) is 19.4 Å². The minimum Gasteiger partial charge on any atom is -0.296 e. The molecule has 0 N–H and O–H groups in total. The van der Waals surface area contributed by atoms with Crippen LogP contribution in [0, 0.1) is 0 Å². The van der Waals surface area contributed by atoms with E-state index in [1.54, 1.807) is 0 Å². The zero-order valence-electron chi connectivity index (χ0n) is 6.02. The number of halogens is 1. The molecule has 0 bridgehead atoms. The second-order valence-electron chi connectivity index (χ2n) is 3.24. The minimum absolute atomic E-state index is 0.682. The minimum atomic E-state index is 0.682. The molecule has 0 unspecified atom stereocenters. The Balaban J connectivity index is 2.07. The molecule has 0 aromatic rings. The van der Waals surface area contributed by atoms with E-state index in [9.17, 15) is 4.39 Å². The number of hydrogen-bond donors (Lipinski definition) is 0. The number of nitrogens with zero attached hydrogens (tertiary/aromatic N) is 1. The van der Waals surface area contributed by atoms with Gasteiger partial charge in [-0.25, -0.2) is 4.39 Å². The van der Waals surface area contributed by atoms with Crippen molar-refractivity contribution in [2.75, 3.05) is 13.1 Å². The predicted octanol–water partition coefficient (Wildman–Crippen LogP) is 1.71. The van der Waals surface area contributed by atoms with E-state index in [-0.39, 0.29) is 0 Å². The van der Waals surface area contributed by atoms with E-state index in [4.69, 9.17) is 0 Å². The molecule has 0 aromatic heterocycles. The SMILES string of the molecule is F/C=C1\C[C@@H]2CCCN2C1. The maximum Gasteiger partial charge on any atom is 0.0872 e. The van der Waals surface area contributed by atoms with Crippen LogP contribution in [0.2, 0.25) is 0 Å². The smallest absolute Gasteiger partial charge is 0.0872 e. The van der Waals surface area contributed by atoms with Crippen molar-refractivity contribution in [2.45, 2.75) is 25.3 Å². The summed E-state index contributed by atoms with van der Waals surface area (Å²) in [4.78, 5) is 2.38. The first-order chi connectivity index (χ1) is 4.90. The molecular formula is C8H12FN. The van der Waals surface area contributed by atoms with Crippen LogP contribution in [0.4, 0.5) is 4.39 Å². The average molecular weight is 141 g/mol. The molecule has 0 saturated carbocycles. The second-order valence-corrected chi connectivity index (χ2v) is 3.24. The summed E-state index contributed by atoms with van der Waals surface area (Å²) in [6.45, 7) is 2.07. The molecule has 0 aliphatic carbocycles.